The molecule has 8 N–H and O–H groups in total. The topological polar surface area (TPSA) is 412 Å². The van der Waals surface area contributed by atoms with Crippen LogP contribution in [-0.2, 0) is 101 Å². The number of nitrogens with one attached hydrogen (secondary N) is 5. The first kappa shape index (κ1) is 99.3. The van der Waals surface area contributed by atoms with E-state index in [1.165, 1.54) is 33.6 Å². The summed E-state index contributed by atoms with van der Waals surface area (Å²) in [5.74, 6) is -1.52. The Kier molecular flexibility index (Phi) is 28.9. The van der Waals surface area contributed by atoms with Crippen LogP contribution in [-0.4, -0.2) is 171 Å². The molecule has 5 amide bonds. The number of anilines is 3. The van der Waals surface area contributed by atoms with Crippen LogP contribution in [0.1, 0.15) is 163 Å². The van der Waals surface area contributed by atoms with Gasteiger partial charge in [0, 0.05) is 172 Å². The summed E-state index contributed by atoms with van der Waals surface area (Å²) >= 11 is -2.92. The number of benzene rings is 10. The fraction of sp³-hybridized carbons (Fsp3) is 0.349. The number of carbonyl (C=O) groups is 5. The van der Waals surface area contributed by atoms with Crippen LogP contribution < -0.4 is 46.3 Å². The minimum atomic E-state index is -4.97. The fourth-order valence-corrected chi connectivity index (χ4v) is 25.6. The van der Waals surface area contributed by atoms with Crippen LogP contribution in [0.3, 0.4) is 0 Å². The summed E-state index contributed by atoms with van der Waals surface area (Å²) in [4.78, 5) is 71.8. The maximum Gasteiger partial charge on any atom is 0.295 e. The number of hydrogen-bond acceptors (Lipinski definition) is 18. The van der Waals surface area contributed by atoms with Crippen molar-refractivity contribution in [3.8, 4) is 22.5 Å². The van der Waals surface area contributed by atoms with Crippen LogP contribution in [0.4, 0.5) is 28.4 Å². The minimum Gasteiger partial charge on any atom is -0.768 e. The van der Waals surface area contributed by atoms with E-state index in [2.05, 4.69) is 96.7 Å². The predicted molar refractivity (Wildman–Crippen MR) is 539 cm³/mol. The molecule has 0 aromatic heterocycles. The summed E-state index contributed by atoms with van der Waals surface area (Å²) in [6.07, 6.45) is 19.2. The fourth-order valence-electron chi connectivity index (χ4n) is 21.5. The molecule has 1 unspecified atom stereocenters. The molecular weight excluding hydrogens is 1880 g/mol. The predicted octanol–water partition coefficient (Wildman–Crippen LogP) is 15.2. The number of rotatable bonds is 33. The SMILES string of the molecule is CC[C@H](NC(=O)[C@H](CC1CCCCC1)NC(=O)c1ccc(CCNC(=O)C2CCN(S(=O)(=O)c3ccccc3-c3c4ccc(=[N+]5CCc6ccccc65)cc-4oc4cc(N5CCc6ccccc65)ccc34)CC2)cc1)C(=O)NCCNC(=O)CCCCCN1\C(=C/C=C/C=C/C2=[N+](CC)c3ccc4c(S(=O)(=O)O)cc(S(=O)(=O)O)cc4c3C2(C)C)C(C)(C)c2c1ccc1c(S(=O)[O-])cc(S(=O)(=O)O)cc21. The minimum absolute atomic E-state index is 0.0491. The first-order valence-electron chi connectivity index (χ1n) is 47.8. The van der Waals surface area contributed by atoms with Gasteiger partial charge in [-0.15, -0.1) is 0 Å². The van der Waals surface area contributed by atoms with Crippen molar-refractivity contribution in [2.24, 2.45) is 11.8 Å². The highest BCUT2D eigenvalue weighted by atomic mass is 32.2. The third-order valence-corrected chi connectivity index (χ3v) is 33.7. The first-order valence-corrected chi connectivity index (χ1v) is 54.6. The molecule has 0 radical (unpaired) electrons. The van der Waals surface area contributed by atoms with Gasteiger partial charge in [0.05, 0.1) is 26.2 Å². The Balaban J connectivity index is 0.486. The van der Waals surface area contributed by atoms with E-state index in [-0.39, 0.29) is 88.1 Å². The summed E-state index contributed by atoms with van der Waals surface area (Å²) in [6.45, 7) is 14.4. The summed E-state index contributed by atoms with van der Waals surface area (Å²) in [5.41, 5.74) is 11.8. The van der Waals surface area contributed by atoms with Crippen LogP contribution in [0.2, 0.25) is 0 Å². The molecular formula is C106H115N10O19S5+. The molecule has 1 saturated carbocycles. The van der Waals surface area contributed by atoms with Gasteiger partial charge in [-0.1, -0.05) is 150 Å². The van der Waals surface area contributed by atoms with Gasteiger partial charge in [0.1, 0.15) is 34.9 Å². The molecule has 2 fully saturated rings. The molecule has 9 aromatic carbocycles. The number of sulfonamides is 1. The number of piperidine rings is 1. The third kappa shape index (κ3) is 20.4. The Bertz CT molecular complexity index is 7500. The zero-order chi connectivity index (χ0) is 99.1. The molecule has 3 atom stereocenters. The molecule has 2 aliphatic carbocycles. The molecule has 9 aromatic rings. The van der Waals surface area contributed by atoms with Crippen LogP contribution >= 0.6 is 0 Å². The number of amides is 5. The average molecular weight is 1990 g/mol. The van der Waals surface area contributed by atoms with E-state index in [9.17, 15) is 71.6 Å². The van der Waals surface area contributed by atoms with Gasteiger partial charge in [-0.05, 0) is 207 Å². The third-order valence-electron chi connectivity index (χ3n) is 28.5. The van der Waals surface area contributed by atoms with Gasteiger partial charge in [-0.25, -0.2) is 8.42 Å². The lowest BCUT2D eigenvalue weighted by Crippen LogP contribution is -2.54. The summed E-state index contributed by atoms with van der Waals surface area (Å²) < 4.78 is 175. The number of para-hydroxylation sites is 2. The largest absolute Gasteiger partial charge is 0.768 e. The van der Waals surface area contributed by atoms with Crippen LogP contribution in [0.15, 0.2) is 247 Å². The van der Waals surface area contributed by atoms with Crippen LogP contribution in [0.5, 0.6) is 0 Å². The number of nitrogens with zero attached hydrogens (tertiary/aromatic N) is 5. The summed E-state index contributed by atoms with van der Waals surface area (Å²) in [6, 6.07) is 52.0. The Morgan fingerprint density at radius 3 is 2.01 bits per heavy atom. The van der Waals surface area contributed by atoms with Crippen LogP contribution in [0.25, 0.3) is 55.0 Å². The van der Waals surface area contributed by atoms with Crippen molar-refractivity contribution in [2.75, 3.05) is 68.7 Å². The molecule has 6 heterocycles. The van der Waals surface area contributed by atoms with E-state index in [4.69, 9.17) is 4.42 Å². The second kappa shape index (κ2) is 40.8. The zero-order valence-electron chi connectivity index (χ0n) is 78.8. The number of carbonyl (C=O) groups excluding carboxylic acids is 5. The summed E-state index contributed by atoms with van der Waals surface area (Å²) in [5, 5.41) is 17.2. The molecule has 6 aliphatic heterocycles. The molecule has 140 heavy (non-hydrogen) atoms. The van der Waals surface area contributed by atoms with Gasteiger partial charge in [-0.3, -0.25) is 41.8 Å². The van der Waals surface area contributed by atoms with Crippen molar-refractivity contribution < 1.29 is 89.1 Å². The first-order chi connectivity index (χ1) is 66.9. The lowest BCUT2D eigenvalue weighted by atomic mass is 9.79. The number of hydrogen-bond donors (Lipinski definition) is 8. The zero-order valence-corrected chi connectivity index (χ0v) is 82.9. The molecule has 34 heteroatoms. The maximum atomic E-state index is 15.2. The Hall–Kier alpha value is -12.2. The molecule has 1 saturated heterocycles. The number of fused-ring (bicyclic) bond motifs is 10. The lowest BCUT2D eigenvalue weighted by molar-refractivity contribution is -0.433. The number of allylic oxidation sites excluding steroid dienone is 6. The lowest BCUT2D eigenvalue weighted by Gasteiger charge is -2.31. The summed E-state index contributed by atoms with van der Waals surface area (Å²) in [7, 11) is -18.9. The quantitative estimate of drug-likeness (QED) is 0.00473. The molecule has 17 rings (SSSR count). The second-order valence-electron chi connectivity index (χ2n) is 37.9. The van der Waals surface area contributed by atoms with E-state index in [1.807, 2.05) is 92.6 Å². The highest BCUT2D eigenvalue weighted by molar-refractivity contribution is 7.89. The van der Waals surface area contributed by atoms with Gasteiger partial charge in [0.2, 0.25) is 50.4 Å². The Morgan fingerprint density at radius 1 is 0.586 bits per heavy atom. The smallest absolute Gasteiger partial charge is 0.295 e. The van der Waals surface area contributed by atoms with Crippen molar-refractivity contribution in [2.45, 2.75) is 192 Å². The molecule has 29 nitrogen and oxygen atoms in total. The molecule has 0 spiro atoms. The van der Waals surface area contributed by atoms with Crippen molar-refractivity contribution in [1.29, 1.82) is 0 Å². The highest BCUT2D eigenvalue weighted by Gasteiger charge is 2.47. The van der Waals surface area contributed by atoms with Crippen molar-refractivity contribution in [3.63, 3.8) is 0 Å². The maximum absolute atomic E-state index is 15.2. The number of unbranched alkanes of at least 4 members (excludes halogenated alkanes) is 2. The molecule has 732 valence electrons. The van der Waals surface area contributed by atoms with Gasteiger partial charge in [0.15, 0.2) is 12.3 Å². The van der Waals surface area contributed by atoms with Gasteiger partial charge < -0.3 is 45.4 Å². The van der Waals surface area contributed by atoms with Crippen molar-refractivity contribution in [1.82, 2.24) is 35.5 Å². The van der Waals surface area contributed by atoms with E-state index >= 15 is 8.42 Å². The normalized spacial score (nSPS) is 17.7. The molecule has 0 bridgehead atoms. The van der Waals surface area contributed by atoms with E-state index in [0.717, 1.165) is 120 Å². The van der Waals surface area contributed by atoms with Crippen LogP contribution in [0, 0.1) is 11.8 Å². The van der Waals surface area contributed by atoms with Crippen molar-refractivity contribution in [3.05, 3.63) is 257 Å². The monoisotopic (exact) mass is 1990 g/mol. The van der Waals surface area contributed by atoms with E-state index < -0.39 is 113 Å². The van der Waals surface area contributed by atoms with E-state index in [1.54, 1.807) is 79.7 Å². The van der Waals surface area contributed by atoms with E-state index in [0.29, 0.717) is 116 Å². The highest BCUT2D eigenvalue weighted by Crippen LogP contribution is 2.53. The van der Waals surface area contributed by atoms with Crippen molar-refractivity contribution >= 4 is 148 Å². The Morgan fingerprint density at radius 2 is 1.28 bits per heavy atom. The molecule has 8 aliphatic rings. The second-order valence-corrected chi connectivity index (χ2v) is 45.0. The Labute approximate surface area is 818 Å². The van der Waals surface area contributed by atoms with Gasteiger partial charge in [0.25, 0.3) is 36.3 Å². The average Bonchev–Trinajstić information content (AvgIpc) is 1.54. The van der Waals surface area contributed by atoms with Gasteiger partial charge in [-0.2, -0.15) is 38.7 Å². The van der Waals surface area contributed by atoms with Gasteiger partial charge >= 0.3 is 0 Å². The standard InChI is InChI=1S/C106H114N10O19S5/c1-7-84(103(120)109-54-53-107-97(117)34-16-11-23-55-116-89-45-43-77-82(63-75(138(126,127)128)65-92(77)136(122)123)99(89)106(5,6)96(116)33-15-10-14-32-95-105(3,4)100-83-64-76(139(129,130)131)66-94(140(132,133)134)78(83)44-46-88(100)113(95)8-2)110-104(121)85(60-68-24-12-9-13-25-68)111-102(119)71-37-35-67(36-38-71)47-52-108-101(118)72-48-56-112(57-49-72)137(124,125)93-31-22-19-28-81(93)98-79-41-39-73(114-58-50-69-26-17-20-29-86(69)114)61-90(79)135-91-62-74(40-42-80(91)98)115-59-51-70-27-18-21-30-87(70)115/h10,14-15,17-22,26-33,35-46,61-66,68,72,84-85H,7-9,11-13,16,23-25,34,47-60H2,1-6H3,(H7-2,107,108,109,110,111,117,118,119,120,121,122,123,126,127,128,129,130,131,132,133,134)/p+1/t84-,85-/m0/s1.